The number of halogens is 3. The van der Waals surface area contributed by atoms with Gasteiger partial charge in [0.05, 0.1) is 5.60 Å². The van der Waals surface area contributed by atoms with Gasteiger partial charge in [-0.1, -0.05) is 29.8 Å². The van der Waals surface area contributed by atoms with Crippen LogP contribution in [0.3, 0.4) is 0 Å². The number of ether oxygens (including phenoxy) is 1. The Labute approximate surface area is 210 Å². The summed E-state index contributed by atoms with van der Waals surface area (Å²) in [5.41, 5.74) is 2.40. The average molecular weight is 506 g/mol. The fourth-order valence-electron chi connectivity index (χ4n) is 4.69. The van der Waals surface area contributed by atoms with Crippen LogP contribution in [0, 0.1) is 26.2 Å². The van der Waals surface area contributed by atoms with Crippen LogP contribution in [0.2, 0.25) is 0 Å². The van der Waals surface area contributed by atoms with Crippen LogP contribution in [0.15, 0.2) is 24.3 Å². The molecule has 0 unspecified atom stereocenters. The molecule has 1 N–H and O–H groups in total. The minimum atomic E-state index is -4.70. The number of carboxylic acid groups (broad SMARTS) is 1. The number of rotatable bonds is 5. The van der Waals surface area contributed by atoms with Gasteiger partial charge in [0.2, 0.25) is 5.91 Å². The predicted octanol–water partition coefficient (Wildman–Crippen LogP) is 6.65. The lowest BCUT2D eigenvalue weighted by Gasteiger charge is -2.31. The van der Waals surface area contributed by atoms with Gasteiger partial charge in [0.1, 0.15) is 5.41 Å². The van der Waals surface area contributed by atoms with E-state index >= 15 is 0 Å². The number of nitrogens with zero attached hydrogens (tertiary/aromatic N) is 1. The van der Waals surface area contributed by atoms with Crippen LogP contribution < -0.4 is 0 Å². The molecule has 1 atom stereocenters. The van der Waals surface area contributed by atoms with Crippen molar-refractivity contribution < 1.29 is 32.6 Å². The largest absolute Gasteiger partial charge is 0.479 e. The Balaban J connectivity index is 2.26. The molecule has 8 heteroatoms. The lowest BCUT2D eigenvalue weighted by atomic mass is 9.83. The summed E-state index contributed by atoms with van der Waals surface area (Å²) in [5, 5.41) is 10.2. The molecule has 0 saturated heterocycles. The maximum absolute atomic E-state index is 13.6. The van der Waals surface area contributed by atoms with E-state index in [1.54, 1.807) is 27.7 Å². The number of carboxylic acids is 1. The fourth-order valence-corrected chi connectivity index (χ4v) is 4.69. The third-order valence-electron chi connectivity index (χ3n) is 6.84. The van der Waals surface area contributed by atoms with Crippen molar-refractivity contribution >= 4 is 11.9 Å². The van der Waals surface area contributed by atoms with Crippen molar-refractivity contribution in [2.24, 2.45) is 5.41 Å². The Morgan fingerprint density at radius 3 is 1.86 bits per heavy atom. The first-order valence-electron chi connectivity index (χ1n) is 11.9. The summed E-state index contributed by atoms with van der Waals surface area (Å²) >= 11 is 0. The molecule has 0 saturated carbocycles. The number of aryl methyl sites for hydroxylation is 1. The van der Waals surface area contributed by atoms with Crippen molar-refractivity contribution in [2.75, 3.05) is 0 Å². The van der Waals surface area contributed by atoms with Gasteiger partial charge in [-0.05, 0) is 88.8 Å². The molecular formula is C28H34F3NO4. The van der Waals surface area contributed by atoms with E-state index in [0.29, 0.717) is 22.3 Å². The summed E-state index contributed by atoms with van der Waals surface area (Å²) in [6, 6.07) is 7.63. The molecule has 36 heavy (non-hydrogen) atoms. The zero-order chi connectivity index (χ0) is 27.4. The zero-order valence-corrected chi connectivity index (χ0v) is 22.1. The van der Waals surface area contributed by atoms with Gasteiger partial charge in [0, 0.05) is 18.7 Å². The number of alkyl halides is 3. The van der Waals surface area contributed by atoms with Gasteiger partial charge >= 0.3 is 12.1 Å². The number of carbonyl (C=O) groups is 2. The number of benzene rings is 2. The molecular weight excluding hydrogens is 471 g/mol. The molecule has 1 aliphatic rings. The van der Waals surface area contributed by atoms with Gasteiger partial charge in [0.25, 0.3) is 0 Å². The van der Waals surface area contributed by atoms with Gasteiger partial charge in [0.15, 0.2) is 6.10 Å². The smallest absolute Gasteiger partial charge is 0.402 e. The maximum Gasteiger partial charge on any atom is 0.402 e. The van der Waals surface area contributed by atoms with Crippen molar-refractivity contribution in [1.82, 2.24) is 4.90 Å². The highest BCUT2D eigenvalue weighted by Crippen LogP contribution is 2.46. The van der Waals surface area contributed by atoms with Gasteiger partial charge in [-0.2, -0.15) is 13.2 Å². The van der Waals surface area contributed by atoms with E-state index in [9.17, 15) is 27.9 Å². The van der Waals surface area contributed by atoms with Crippen LogP contribution in [0.1, 0.15) is 74.1 Å². The lowest BCUT2D eigenvalue weighted by Crippen LogP contribution is -2.47. The van der Waals surface area contributed by atoms with E-state index in [-0.39, 0.29) is 13.1 Å². The molecule has 2 aromatic carbocycles. The SMILES string of the molecule is Cc1ccc(-c2c(C)c3c(c(C)c2[C@H](OC(C)(C)C)C(=O)O)CN(C(=O)C(C)(C)C(F)(F)F)C3)cc1. The monoisotopic (exact) mass is 505 g/mol. The Bertz CT molecular complexity index is 1190. The number of carbonyl (C=O) groups excluding carboxylic acids is 1. The highest BCUT2D eigenvalue weighted by atomic mass is 19.4. The second-order valence-corrected chi connectivity index (χ2v) is 11.1. The van der Waals surface area contributed by atoms with E-state index in [0.717, 1.165) is 36.1 Å². The molecule has 3 rings (SSSR count). The summed E-state index contributed by atoms with van der Waals surface area (Å²) in [4.78, 5) is 26.7. The van der Waals surface area contributed by atoms with Crippen molar-refractivity contribution in [3.63, 3.8) is 0 Å². The summed E-state index contributed by atoms with van der Waals surface area (Å²) in [7, 11) is 0. The minimum absolute atomic E-state index is 0.0244. The molecule has 1 aliphatic heterocycles. The number of hydrogen-bond acceptors (Lipinski definition) is 3. The molecule has 0 aromatic heterocycles. The van der Waals surface area contributed by atoms with E-state index in [4.69, 9.17) is 4.74 Å². The van der Waals surface area contributed by atoms with Crippen LogP contribution in [-0.4, -0.2) is 33.7 Å². The molecule has 0 aliphatic carbocycles. The topological polar surface area (TPSA) is 66.8 Å². The van der Waals surface area contributed by atoms with E-state index in [2.05, 4.69) is 0 Å². The molecule has 1 heterocycles. The molecule has 196 valence electrons. The van der Waals surface area contributed by atoms with E-state index < -0.39 is 35.2 Å². The molecule has 0 radical (unpaired) electrons. The van der Waals surface area contributed by atoms with E-state index in [1.807, 2.05) is 38.1 Å². The van der Waals surface area contributed by atoms with Crippen LogP contribution in [0.25, 0.3) is 11.1 Å². The van der Waals surface area contributed by atoms with Crippen molar-refractivity contribution in [3.8, 4) is 11.1 Å². The third-order valence-corrected chi connectivity index (χ3v) is 6.84. The number of fused-ring (bicyclic) bond motifs is 1. The molecule has 0 bridgehead atoms. The van der Waals surface area contributed by atoms with Gasteiger partial charge in [-0.15, -0.1) is 0 Å². The summed E-state index contributed by atoms with van der Waals surface area (Å²) in [6.07, 6.45) is -6.00. The first-order valence-corrected chi connectivity index (χ1v) is 11.9. The quantitative estimate of drug-likeness (QED) is 0.494. The number of aliphatic carboxylic acids is 1. The number of amides is 1. The van der Waals surface area contributed by atoms with Gasteiger partial charge in [-0.25, -0.2) is 4.79 Å². The minimum Gasteiger partial charge on any atom is -0.479 e. The van der Waals surface area contributed by atoms with Crippen molar-refractivity contribution in [3.05, 3.63) is 57.6 Å². The van der Waals surface area contributed by atoms with Gasteiger partial charge in [-0.3, -0.25) is 4.79 Å². The average Bonchev–Trinajstić information content (AvgIpc) is 3.19. The fraction of sp³-hybridized carbons (Fsp3) is 0.500. The molecule has 5 nitrogen and oxygen atoms in total. The molecule has 0 spiro atoms. The first-order chi connectivity index (χ1) is 16.4. The lowest BCUT2D eigenvalue weighted by molar-refractivity contribution is -0.217. The highest BCUT2D eigenvalue weighted by Gasteiger charge is 2.55. The van der Waals surface area contributed by atoms with Crippen molar-refractivity contribution in [2.45, 2.75) is 86.4 Å². The summed E-state index contributed by atoms with van der Waals surface area (Å²) in [5.74, 6) is -2.17. The molecule has 0 fully saturated rings. The predicted molar refractivity (Wildman–Crippen MR) is 131 cm³/mol. The van der Waals surface area contributed by atoms with Crippen LogP contribution in [0.5, 0.6) is 0 Å². The molecule has 1 amide bonds. The Morgan fingerprint density at radius 1 is 0.917 bits per heavy atom. The van der Waals surface area contributed by atoms with Crippen LogP contribution in [-0.2, 0) is 27.4 Å². The Kier molecular flexibility index (Phi) is 7.09. The van der Waals surface area contributed by atoms with Gasteiger partial charge < -0.3 is 14.7 Å². The second-order valence-electron chi connectivity index (χ2n) is 11.1. The summed E-state index contributed by atoms with van der Waals surface area (Å²) in [6.45, 7) is 12.6. The summed E-state index contributed by atoms with van der Waals surface area (Å²) < 4.78 is 46.9. The normalized spacial score (nSPS) is 15.1. The first kappa shape index (κ1) is 27.7. The standard InChI is InChI=1S/C28H34F3NO4/c1-15-9-11-18(12-10-15)21-16(2)19-13-32(25(35)27(7,8)28(29,30)31)14-20(19)17(3)22(21)23(24(33)34)36-26(4,5)6/h9-12,23H,13-14H2,1-8H3,(H,33,34)/t23-/m0/s1. The zero-order valence-electron chi connectivity index (χ0n) is 22.1. The molecule has 2 aromatic rings. The highest BCUT2D eigenvalue weighted by molar-refractivity contribution is 5.86. The Hall–Kier alpha value is -2.87. The maximum atomic E-state index is 13.6. The third kappa shape index (κ3) is 5.01. The second kappa shape index (κ2) is 9.21. The van der Waals surface area contributed by atoms with Crippen LogP contribution >= 0.6 is 0 Å². The number of hydrogen-bond donors (Lipinski definition) is 1. The van der Waals surface area contributed by atoms with E-state index in [1.165, 1.54) is 4.90 Å². The van der Waals surface area contributed by atoms with Crippen LogP contribution in [0.4, 0.5) is 13.2 Å². The van der Waals surface area contributed by atoms with Crippen molar-refractivity contribution in [1.29, 1.82) is 0 Å². The Morgan fingerprint density at radius 2 is 1.42 bits per heavy atom.